The molecule has 0 saturated carbocycles. The average molecular weight is 360 g/mol. The predicted octanol–water partition coefficient (Wildman–Crippen LogP) is 4.10. The third kappa shape index (κ3) is 13.5. The van der Waals surface area contributed by atoms with Gasteiger partial charge in [0.1, 0.15) is 13.1 Å². The Morgan fingerprint density at radius 1 is 0.458 bits per heavy atom. The van der Waals surface area contributed by atoms with Crippen LogP contribution in [-0.4, -0.2) is 30.7 Å². The summed E-state index contributed by atoms with van der Waals surface area (Å²) in [7, 11) is 0. The molecule has 1 saturated heterocycles. The van der Waals surface area contributed by atoms with Crippen LogP contribution in [0.25, 0.3) is 0 Å². The minimum absolute atomic E-state index is 0. The molecule has 0 atom stereocenters. The molecule has 1 aliphatic heterocycles. The number of hydrogen-bond donors (Lipinski definition) is 0. The summed E-state index contributed by atoms with van der Waals surface area (Å²) in [4.78, 5) is 0. The molecule has 1 rings (SSSR count). The van der Waals surface area contributed by atoms with Crippen molar-refractivity contribution in [2.24, 2.45) is 0 Å². The van der Waals surface area contributed by atoms with Gasteiger partial charge in [-0.2, -0.15) is 0 Å². The molecule has 0 bridgehead atoms. The van der Waals surface area contributed by atoms with Gasteiger partial charge in [-0.25, -0.2) is 0 Å². The second-order valence-corrected chi connectivity index (χ2v) is 8.19. The van der Waals surface area contributed by atoms with Crippen LogP contribution in [-0.2, 0) is 0 Å². The molecule has 0 aliphatic carbocycles. The van der Waals surface area contributed by atoms with Crippen molar-refractivity contribution in [1.82, 2.24) is 0 Å². The molecule has 146 valence electrons. The van der Waals surface area contributed by atoms with Gasteiger partial charge in [0.05, 0.1) is 13.1 Å². The number of unbranched alkanes of at least 4 members (excludes halogenated alkanes) is 14. The standard InChI is InChI=1S/C22H46N.ClH/c1-3-5-7-9-11-13-15-17-19-23(21-22-23)20-18-16-14-12-10-8-6-4-2;/h3-22H2,1-2H3;1H/q+1;/p-1. The average Bonchev–Trinajstić information content (AvgIpc) is 3.33. The molecule has 0 spiro atoms. The fourth-order valence-electron chi connectivity index (χ4n) is 3.86. The van der Waals surface area contributed by atoms with Gasteiger partial charge in [0.15, 0.2) is 0 Å². The summed E-state index contributed by atoms with van der Waals surface area (Å²) in [6, 6.07) is 0. The first kappa shape index (κ1) is 24.2. The van der Waals surface area contributed by atoms with Crippen molar-refractivity contribution in [3.05, 3.63) is 0 Å². The van der Waals surface area contributed by atoms with Gasteiger partial charge in [-0.1, -0.05) is 90.9 Å². The Labute approximate surface area is 160 Å². The molecule has 2 heteroatoms. The first-order chi connectivity index (χ1) is 11.3. The zero-order chi connectivity index (χ0) is 16.6. The Morgan fingerprint density at radius 3 is 1.04 bits per heavy atom. The number of hydrogen-bond acceptors (Lipinski definition) is 0. The summed E-state index contributed by atoms with van der Waals surface area (Å²) >= 11 is 0. The van der Waals surface area contributed by atoms with Crippen molar-refractivity contribution in [2.75, 3.05) is 26.2 Å². The third-order valence-electron chi connectivity index (χ3n) is 5.83. The minimum Gasteiger partial charge on any atom is -1.00 e. The van der Waals surface area contributed by atoms with E-state index in [-0.39, 0.29) is 12.4 Å². The van der Waals surface area contributed by atoms with Crippen molar-refractivity contribution >= 4 is 0 Å². The van der Waals surface area contributed by atoms with E-state index in [4.69, 9.17) is 0 Å². The van der Waals surface area contributed by atoms with E-state index in [1.54, 1.807) is 0 Å². The van der Waals surface area contributed by atoms with Crippen molar-refractivity contribution in [1.29, 1.82) is 0 Å². The predicted molar refractivity (Wildman–Crippen MR) is 105 cm³/mol. The topological polar surface area (TPSA) is 0 Å². The second-order valence-electron chi connectivity index (χ2n) is 8.19. The monoisotopic (exact) mass is 359 g/mol. The summed E-state index contributed by atoms with van der Waals surface area (Å²) in [5.41, 5.74) is 0. The highest BCUT2D eigenvalue weighted by molar-refractivity contribution is 4.59. The van der Waals surface area contributed by atoms with E-state index in [9.17, 15) is 0 Å². The molecule has 1 nitrogen and oxygen atoms in total. The van der Waals surface area contributed by atoms with E-state index < -0.39 is 0 Å². The lowest BCUT2D eigenvalue weighted by Crippen LogP contribution is -3.00. The lowest BCUT2D eigenvalue weighted by Gasteiger charge is -2.18. The lowest BCUT2D eigenvalue weighted by molar-refractivity contribution is -0.800. The summed E-state index contributed by atoms with van der Waals surface area (Å²) in [6.07, 6.45) is 23.4. The van der Waals surface area contributed by atoms with Crippen LogP contribution in [0.5, 0.6) is 0 Å². The van der Waals surface area contributed by atoms with Crippen LogP contribution in [0, 0.1) is 0 Å². The quantitative estimate of drug-likeness (QED) is 0.196. The summed E-state index contributed by atoms with van der Waals surface area (Å²) in [6.45, 7) is 10.6. The highest BCUT2D eigenvalue weighted by atomic mass is 35.5. The first-order valence-corrected chi connectivity index (χ1v) is 11.2. The van der Waals surface area contributed by atoms with Crippen LogP contribution in [0.15, 0.2) is 0 Å². The lowest BCUT2D eigenvalue weighted by atomic mass is 10.1. The molecular formula is C22H46ClN. The van der Waals surface area contributed by atoms with Gasteiger partial charge in [-0.15, -0.1) is 0 Å². The van der Waals surface area contributed by atoms with Gasteiger partial charge in [0.25, 0.3) is 0 Å². The van der Waals surface area contributed by atoms with Gasteiger partial charge < -0.3 is 16.9 Å². The zero-order valence-corrected chi connectivity index (χ0v) is 17.7. The van der Waals surface area contributed by atoms with E-state index in [0.717, 1.165) is 0 Å². The molecule has 0 N–H and O–H groups in total. The van der Waals surface area contributed by atoms with Gasteiger partial charge in [0.2, 0.25) is 0 Å². The zero-order valence-electron chi connectivity index (χ0n) is 17.0. The molecule has 1 aliphatic rings. The van der Waals surface area contributed by atoms with E-state index in [1.807, 2.05) is 0 Å². The second kappa shape index (κ2) is 16.7. The van der Waals surface area contributed by atoms with Crippen LogP contribution in [0.3, 0.4) is 0 Å². The summed E-state index contributed by atoms with van der Waals surface area (Å²) in [5, 5.41) is 0. The van der Waals surface area contributed by atoms with E-state index in [0.29, 0.717) is 0 Å². The molecule has 0 aromatic carbocycles. The van der Waals surface area contributed by atoms with Crippen LogP contribution in [0.1, 0.15) is 117 Å². The number of nitrogens with zero attached hydrogens (tertiary/aromatic N) is 1. The molecule has 1 fully saturated rings. The number of rotatable bonds is 18. The SMILES string of the molecule is CCCCCCCCCC[N+]1(CCCCCCCCCC)CC1.[Cl-]. The van der Waals surface area contributed by atoms with E-state index >= 15 is 0 Å². The molecule has 0 amide bonds. The Hall–Kier alpha value is 0.250. The maximum absolute atomic E-state index is 2.31. The van der Waals surface area contributed by atoms with Crippen molar-refractivity contribution in [3.63, 3.8) is 0 Å². The van der Waals surface area contributed by atoms with Crippen LogP contribution in [0.4, 0.5) is 0 Å². The Morgan fingerprint density at radius 2 is 0.750 bits per heavy atom. The van der Waals surface area contributed by atoms with Crippen molar-refractivity contribution < 1.29 is 16.9 Å². The largest absolute Gasteiger partial charge is 1.00 e. The molecule has 24 heavy (non-hydrogen) atoms. The maximum atomic E-state index is 2.31. The van der Waals surface area contributed by atoms with Gasteiger partial charge in [-0.05, 0) is 25.7 Å². The summed E-state index contributed by atoms with van der Waals surface area (Å²) < 4.78 is 1.49. The Bertz CT molecular complexity index is 228. The van der Waals surface area contributed by atoms with Gasteiger partial charge in [-0.3, -0.25) is 0 Å². The Kier molecular flexibility index (Phi) is 16.9. The third-order valence-corrected chi connectivity index (χ3v) is 5.83. The fraction of sp³-hybridized carbons (Fsp3) is 1.00. The highest BCUT2D eigenvalue weighted by Crippen LogP contribution is 2.24. The molecule has 0 aromatic heterocycles. The fourth-order valence-corrected chi connectivity index (χ4v) is 3.86. The number of halogens is 1. The van der Waals surface area contributed by atoms with E-state index in [1.165, 1.54) is 133 Å². The van der Waals surface area contributed by atoms with Gasteiger partial charge in [0, 0.05) is 0 Å². The van der Waals surface area contributed by atoms with Crippen LogP contribution in [0.2, 0.25) is 0 Å². The van der Waals surface area contributed by atoms with Crippen LogP contribution >= 0.6 is 0 Å². The maximum Gasteiger partial charge on any atom is 0.129 e. The first-order valence-electron chi connectivity index (χ1n) is 11.2. The normalized spacial score (nSPS) is 15.2. The number of quaternary nitrogens is 1. The van der Waals surface area contributed by atoms with Gasteiger partial charge >= 0.3 is 0 Å². The molecule has 0 aromatic rings. The molecule has 0 radical (unpaired) electrons. The Balaban J connectivity index is 0.00000529. The molecule has 1 heterocycles. The smallest absolute Gasteiger partial charge is 0.129 e. The highest BCUT2D eigenvalue weighted by Gasteiger charge is 2.40. The molecular weight excluding hydrogens is 314 g/mol. The summed E-state index contributed by atoms with van der Waals surface area (Å²) in [5.74, 6) is 0. The van der Waals surface area contributed by atoms with E-state index in [2.05, 4.69) is 13.8 Å². The minimum atomic E-state index is 0. The van der Waals surface area contributed by atoms with Crippen molar-refractivity contribution in [3.8, 4) is 0 Å². The molecule has 0 unspecified atom stereocenters. The van der Waals surface area contributed by atoms with Crippen molar-refractivity contribution in [2.45, 2.75) is 117 Å². The van der Waals surface area contributed by atoms with Crippen LogP contribution < -0.4 is 12.4 Å².